The number of ether oxygens (including phenoxy) is 1. The molecule has 0 atom stereocenters. The van der Waals surface area contributed by atoms with Crippen LogP contribution in [0.25, 0.3) is 0 Å². The molecule has 122 valence electrons. The summed E-state index contributed by atoms with van der Waals surface area (Å²) in [6.07, 6.45) is 2.18. The summed E-state index contributed by atoms with van der Waals surface area (Å²) >= 11 is 0. The zero-order valence-corrected chi connectivity index (χ0v) is 13.5. The number of benzene rings is 1. The predicted octanol–water partition coefficient (Wildman–Crippen LogP) is 1.53. The Labute approximate surface area is 135 Å². The van der Waals surface area contributed by atoms with Gasteiger partial charge in [0.25, 0.3) is 0 Å². The molecule has 0 radical (unpaired) electrons. The summed E-state index contributed by atoms with van der Waals surface area (Å²) in [7, 11) is -2.20. The van der Waals surface area contributed by atoms with Crippen LogP contribution in [0.1, 0.15) is 21.6 Å². The van der Waals surface area contributed by atoms with Crippen molar-refractivity contribution in [3.05, 3.63) is 65.5 Å². The van der Waals surface area contributed by atoms with Crippen LogP contribution in [0.15, 0.2) is 48.7 Å². The Morgan fingerprint density at radius 1 is 1.22 bits per heavy atom. The van der Waals surface area contributed by atoms with E-state index in [0.29, 0.717) is 17.5 Å². The Hall–Kier alpha value is -2.25. The van der Waals surface area contributed by atoms with E-state index in [4.69, 9.17) is 0 Å². The van der Waals surface area contributed by atoms with Gasteiger partial charge in [-0.05, 0) is 29.8 Å². The van der Waals surface area contributed by atoms with Gasteiger partial charge in [-0.25, -0.2) is 17.9 Å². The quantitative estimate of drug-likeness (QED) is 0.776. The topological polar surface area (TPSA) is 85.4 Å². The highest BCUT2D eigenvalue weighted by Crippen LogP contribution is 2.10. The van der Waals surface area contributed by atoms with Gasteiger partial charge in [0.1, 0.15) is 0 Å². The zero-order chi connectivity index (χ0) is 16.7. The standard InChI is InChI=1S/C16H18N2O4S/c1-22-16(19)14-6-4-5-13(11-14)12-23(20,21)18-10-8-15-7-2-3-9-17-15/h2-7,9,11,18H,8,10,12H2,1H3. The summed E-state index contributed by atoms with van der Waals surface area (Å²) in [5, 5.41) is 0. The Kier molecular flexibility index (Phi) is 5.84. The minimum absolute atomic E-state index is 0.194. The van der Waals surface area contributed by atoms with Gasteiger partial charge < -0.3 is 4.74 Å². The van der Waals surface area contributed by atoms with Crippen molar-refractivity contribution in [3.8, 4) is 0 Å². The maximum Gasteiger partial charge on any atom is 0.337 e. The first-order valence-corrected chi connectivity index (χ1v) is 8.70. The number of carbonyl (C=O) groups is 1. The van der Waals surface area contributed by atoms with Crippen molar-refractivity contribution in [3.63, 3.8) is 0 Å². The Bertz CT molecular complexity index is 761. The maximum atomic E-state index is 12.1. The molecule has 1 N–H and O–H groups in total. The second kappa shape index (κ2) is 7.85. The number of aromatic nitrogens is 1. The van der Waals surface area contributed by atoms with Gasteiger partial charge in [0.15, 0.2) is 0 Å². The van der Waals surface area contributed by atoms with Gasteiger partial charge in [0, 0.05) is 24.9 Å². The number of nitrogens with one attached hydrogen (secondary N) is 1. The van der Waals surface area contributed by atoms with E-state index in [9.17, 15) is 13.2 Å². The van der Waals surface area contributed by atoms with Crippen molar-refractivity contribution in [2.24, 2.45) is 0 Å². The number of carbonyl (C=O) groups excluding carboxylic acids is 1. The highest BCUT2D eigenvalue weighted by molar-refractivity contribution is 7.88. The molecule has 1 aromatic carbocycles. The maximum absolute atomic E-state index is 12.1. The number of sulfonamides is 1. The van der Waals surface area contributed by atoms with Crippen LogP contribution in [0.2, 0.25) is 0 Å². The molecular formula is C16H18N2O4S. The molecule has 0 bridgehead atoms. The number of esters is 1. The number of hydrogen-bond donors (Lipinski definition) is 1. The van der Waals surface area contributed by atoms with Crippen molar-refractivity contribution >= 4 is 16.0 Å². The van der Waals surface area contributed by atoms with Gasteiger partial charge in [-0.1, -0.05) is 18.2 Å². The summed E-state index contributed by atoms with van der Waals surface area (Å²) in [5.74, 6) is -0.688. The summed E-state index contributed by atoms with van der Waals surface area (Å²) in [6.45, 7) is 0.274. The van der Waals surface area contributed by atoms with E-state index in [1.54, 1.807) is 24.4 Å². The van der Waals surface area contributed by atoms with Crippen molar-refractivity contribution in [2.75, 3.05) is 13.7 Å². The molecule has 0 saturated carbocycles. The first kappa shape index (κ1) is 17.1. The van der Waals surface area contributed by atoms with Crippen LogP contribution in [0.3, 0.4) is 0 Å². The molecule has 0 amide bonds. The fourth-order valence-corrected chi connectivity index (χ4v) is 3.19. The van der Waals surface area contributed by atoms with E-state index >= 15 is 0 Å². The highest BCUT2D eigenvalue weighted by atomic mass is 32.2. The lowest BCUT2D eigenvalue weighted by Gasteiger charge is -2.07. The van der Waals surface area contributed by atoms with Gasteiger partial charge in [-0.15, -0.1) is 0 Å². The van der Waals surface area contributed by atoms with Gasteiger partial charge in [-0.2, -0.15) is 0 Å². The summed E-state index contributed by atoms with van der Waals surface area (Å²) in [5.41, 5.74) is 1.68. The van der Waals surface area contributed by atoms with E-state index in [1.165, 1.54) is 13.2 Å². The fraction of sp³-hybridized carbons (Fsp3) is 0.250. The second-order valence-electron chi connectivity index (χ2n) is 4.92. The monoisotopic (exact) mass is 334 g/mol. The van der Waals surface area contributed by atoms with Crippen LogP contribution in [0.4, 0.5) is 0 Å². The molecule has 2 rings (SSSR count). The van der Waals surface area contributed by atoms with Crippen LogP contribution in [0, 0.1) is 0 Å². The van der Waals surface area contributed by atoms with E-state index in [-0.39, 0.29) is 12.3 Å². The Balaban J connectivity index is 1.94. The first-order chi connectivity index (χ1) is 11.0. The zero-order valence-electron chi connectivity index (χ0n) is 12.7. The van der Waals surface area contributed by atoms with Crippen molar-refractivity contribution in [1.29, 1.82) is 0 Å². The molecule has 1 heterocycles. The van der Waals surface area contributed by atoms with Crippen LogP contribution in [0.5, 0.6) is 0 Å². The van der Waals surface area contributed by atoms with Gasteiger partial charge in [0.05, 0.1) is 18.4 Å². The van der Waals surface area contributed by atoms with Gasteiger partial charge in [-0.3, -0.25) is 4.98 Å². The average Bonchev–Trinajstić information content (AvgIpc) is 2.54. The molecule has 0 unspecified atom stereocenters. The van der Waals surface area contributed by atoms with Gasteiger partial charge >= 0.3 is 5.97 Å². The molecule has 0 saturated heterocycles. The molecule has 7 heteroatoms. The van der Waals surface area contributed by atoms with E-state index < -0.39 is 16.0 Å². The number of pyridine rings is 1. The molecule has 0 fully saturated rings. The third kappa shape index (κ3) is 5.46. The third-order valence-electron chi connectivity index (χ3n) is 3.13. The Morgan fingerprint density at radius 2 is 2.04 bits per heavy atom. The fourth-order valence-electron chi connectivity index (χ4n) is 2.06. The minimum Gasteiger partial charge on any atom is -0.465 e. The molecule has 6 nitrogen and oxygen atoms in total. The normalized spacial score (nSPS) is 11.2. The smallest absolute Gasteiger partial charge is 0.337 e. The highest BCUT2D eigenvalue weighted by Gasteiger charge is 2.13. The molecule has 0 spiro atoms. The summed E-state index contributed by atoms with van der Waals surface area (Å²) in [6, 6.07) is 11.9. The first-order valence-electron chi connectivity index (χ1n) is 7.05. The van der Waals surface area contributed by atoms with Gasteiger partial charge in [0.2, 0.25) is 10.0 Å². The third-order valence-corrected chi connectivity index (χ3v) is 4.49. The molecule has 0 aliphatic rings. The SMILES string of the molecule is COC(=O)c1cccc(CS(=O)(=O)NCCc2ccccn2)c1. The summed E-state index contributed by atoms with van der Waals surface area (Å²) in [4.78, 5) is 15.6. The second-order valence-corrected chi connectivity index (χ2v) is 6.72. The van der Waals surface area contributed by atoms with E-state index in [1.807, 2.05) is 18.2 Å². The lowest BCUT2D eigenvalue weighted by Crippen LogP contribution is -2.27. The van der Waals surface area contributed by atoms with Crippen molar-refractivity contribution in [2.45, 2.75) is 12.2 Å². The number of methoxy groups -OCH3 is 1. The van der Waals surface area contributed by atoms with Crippen LogP contribution < -0.4 is 4.72 Å². The number of nitrogens with zero attached hydrogens (tertiary/aromatic N) is 1. The number of rotatable bonds is 7. The molecule has 23 heavy (non-hydrogen) atoms. The molecular weight excluding hydrogens is 316 g/mol. The van der Waals surface area contributed by atoms with E-state index in [0.717, 1.165) is 5.69 Å². The molecule has 1 aromatic heterocycles. The predicted molar refractivity (Wildman–Crippen MR) is 86.3 cm³/mol. The minimum atomic E-state index is -3.48. The lowest BCUT2D eigenvalue weighted by atomic mass is 10.1. The van der Waals surface area contributed by atoms with Crippen LogP contribution in [-0.4, -0.2) is 33.0 Å². The number of hydrogen-bond acceptors (Lipinski definition) is 5. The summed E-state index contributed by atoms with van der Waals surface area (Å²) < 4.78 is 31.3. The van der Waals surface area contributed by atoms with Crippen molar-refractivity contribution in [1.82, 2.24) is 9.71 Å². The average molecular weight is 334 g/mol. The van der Waals surface area contributed by atoms with Crippen molar-refractivity contribution < 1.29 is 17.9 Å². The molecule has 0 aliphatic heterocycles. The Morgan fingerprint density at radius 3 is 2.74 bits per heavy atom. The molecule has 0 aliphatic carbocycles. The van der Waals surface area contributed by atoms with Crippen LogP contribution in [-0.2, 0) is 26.9 Å². The van der Waals surface area contributed by atoms with Crippen LogP contribution >= 0.6 is 0 Å². The molecule has 2 aromatic rings. The lowest BCUT2D eigenvalue weighted by molar-refractivity contribution is 0.0600. The largest absolute Gasteiger partial charge is 0.465 e. The van der Waals surface area contributed by atoms with E-state index in [2.05, 4.69) is 14.4 Å².